The van der Waals surface area contributed by atoms with Crippen LogP contribution in [0, 0.1) is 0 Å². The van der Waals surface area contributed by atoms with Gasteiger partial charge >= 0.3 is 5.97 Å². The first-order chi connectivity index (χ1) is 13.5. The van der Waals surface area contributed by atoms with Crippen molar-refractivity contribution in [2.24, 2.45) is 0 Å². The van der Waals surface area contributed by atoms with Gasteiger partial charge in [0.15, 0.2) is 6.61 Å². The molecule has 2 N–H and O–H groups in total. The van der Waals surface area contributed by atoms with Crippen molar-refractivity contribution < 1.29 is 19.1 Å². The monoisotopic (exact) mass is 403 g/mol. The van der Waals surface area contributed by atoms with Crippen LogP contribution < -0.4 is 10.6 Å². The summed E-state index contributed by atoms with van der Waals surface area (Å²) in [5.74, 6) is -1.28. The third kappa shape index (κ3) is 4.81. The van der Waals surface area contributed by atoms with E-state index < -0.39 is 18.5 Å². The van der Waals surface area contributed by atoms with Crippen LogP contribution in [-0.4, -0.2) is 41.5 Å². The van der Waals surface area contributed by atoms with Crippen LogP contribution in [-0.2, 0) is 27.2 Å². The molecule has 0 fully saturated rings. The van der Waals surface area contributed by atoms with Crippen molar-refractivity contribution in [1.82, 2.24) is 15.2 Å². The maximum atomic E-state index is 12.8. The minimum absolute atomic E-state index is 0.000829. The van der Waals surface area contributed by atoms with Crippen LogP contribution >= 0.6 is 11.3 Å². The molecular weight excluding hydrogens is 378 g/mol. The van der Waals surface area contributed by atoms with Gasteiger partial charge in [0.2, 0.25) is 5.91 Å². The third-order valence-electron chi connectivity index (χ3n) is 4.43. The minimum Gasteiger partial charge on any atom is -0.452 e. The van der Waals surface area contributed by atoms with E-state index in [1.807, 2.05) is 42.9 Å². The zero-order valence-electron chi connectivity index (χ0n) is 16.1. The number of amides is 2. The molecule has 2 amide bonds. The number of esters is 1. The topological polar surface area (TPSA) is 89.4 Å². The summed E-state index contributed by atoms with van der Waals surface area (Å²) in [4.78, 5) is 37.5. The van der Waals surface area contributed by atoms with Crippen molar-refractivity contribution >= 4 is 29.1 Å². The average Bonchev–Trinajstić information content (AvgIpc) is 3.31. The quantitative estimate of drug-likeness (QED) is 0.694. The molecule has 28 heavy (non-hydrogen) atoms. The second-order valence-electron chi connectivity index (χ2n) is 7.06. The summed E-state index contributed by atoms with van der Waals surface area (Å²) >= 11 is 1.61. The van der Waals surface area contributed by atoms with Crippen LogP contribution in [0.5, 0.6) is 0 Å². The standard InChI is InChI=1S/C20H25N3O4S/c1-13(2)22-16(24)11-21-17(25)12-27-20(26)18-14-7-3-4-8-15(14)28-19(18)23-9-5-6-10-23/h5-6,9-10,13H,3-4,7-8,11-12H2,1-2H3,(H,21,25)(H,22,24). The van der Waals surface area contributed by atoms with E-state index in [1.165, 1.54) is 4.88 Å². The molecule has 0 aromatic carbocycles. The van der Waals surface area contributed by atoms with Crippen LogP contribution in [0.4, 0.5) is 0 Å². The van der Waals surface area contributed by atoms with Gasteiger partial charge in [-0.25, -0.2) is 4.79 Å². The first kappa shape index (κ1) is 20.1. The van der Waals surface area contributed by atoms with Gasteiger partial charge in [0.25, 0.3) is 5.91 Å². The predicted octanol–water partition coefficient (Wildman–Crippen LogP) is 2.22. The number of fused-ring (bicyclic) bond motifs is 1. The number of ether oxygens (including phenoxy) is 1. The highest BCUT2D eigenvalue weighted by atomic mass is 32.1. The van der Waals surface area contributed by atoms with Gasteiger partial charge in [-0.2, -0.15) is 0 Å². The molecule has 0 unspecified atom stereocenters. The number of hydrogen-bond acceptors (Lipinski definition) is 5. The molecule has 0 atom stereocenters. The van der Waals surface area contributed by atoms with Crippen LogP contribution in [0.1, 0.15) is 47.5 Å². The van der Waals surface area contributed by atoms with E-state index in [0.29, 0.717) is 5.56 Å². The molecule has 8 heteroatoms. The summed E-state index contributed by atoms with van der Waals surface area (Å²) < 4.78 is 7.19. The number of aryl methyl sites for hydroxylation is 1. The van der Waals surface area contributed by atoms with Gasteiger partial charge in [-0.05, 0) is 57.2 Å². The maximum Gasteiger partial charge on any atom is 0.341 e. The molecule has 1 aliphatic carbocycles. The SMILES string of the molecule is CC(C)NC(=O)CNC(=O)COC(=O)c1c(-n2cccc2)sc2c1CCCC2. The summed E-state index contributed by atoms with van der Waals surface area (Å²) in [6.45, 7) is 3.12. The Labute approximate surface area is 168 Å². The summed E-state index contributed by atoms with van der Waals surface area (Å²) in [6.07, 6.45) is 7.77. The van der Waals surface area contributed by atoms with Crippen molar-refractivity contribution in [2.75, 3.05) is 13.2 Å². The largest absolute Gasteiger partial charge is 0.452 e. The molecule has 0 spiro atoms. The molecule has 0 saturated heterocycles. The van der Waals surface area contributed by atoms with E-state index in [9.17, 15) is 14.4 Å². The Bertz CT molecular complexity index is 855. The fraction of sp³-hybridized carbons (Fsp3) is 0.450. The van der Waals surface area contributed by atoms with Gasteiger partial charge in [0.1, 0.15) is 5.00 Å². The van der Waals surface area contributed by atoms with Crippen LogP contribution in [0.3, 0.4) is 0 Å². The molecule has 2 aromatic rings. The average molecular weight is 404 g/mol. The second kappa shape index (κ2) is 9.05. The highest BCUT2D eigenvalue weighted by Crippen LogP contribution is 2.37. The molecule has 0 bridgehead atoms. The Hall–Kier alpha value is -2.61. The molecule has 3 rings (SSSR count). The van der Waals surface area contributed by atoms with E-state index in [-0.39, 0.29) is 18.5 Å². The summed E-state index contributed by atoms with van der Waals surface area (Å²) in [5, 5.41) is 5.97. The smallest absolute Gasteiger partial charge is 0.341 e. The van der Waals surface area contributed by atoms with Gasteiger partial charge in [0, 0.05) is 23.3 Å². The highest BCUT2D eigenvalue weighted by Gasteiger charge is 2.27. The Kier molecular flexibility index (Phi) is 6.51. The lowest BCUT2D eigenvalue weighted by molar-refractivity contribution is -0.128. The number of carbonyl (C=O) groups excluding carboxylic acids is 3. The lowest BCUT2D eigenvalue weighted by atomic mass is 9.95. The lowest BCUT2D eigenvalue weighted by Crippen LogP contribution is -2.41. The summed E-state index contributed by atoms with van der Waals surface area (Å²) in [7, 11) is 0. The number of hydrogen-bond donors (Lipinski definition) is 2. The Morgan fingerprint density at radius 3 is 2.57 bits per heavy atom. The lowest BCUT2D eigenvalue weighted by Gasteiger charge is -2.13. The molecule has 150 valence electrons. The van der Waals surface area contributed by atoms with Gasteiger partial charge in [0.05, 0.1) is 12.1 Å². The summed E-state index contributed by atoms with van der Waals surface area (Å²) in [6, 6.07) is 3.81. The van der Waals surface area contributed by atoms with Crippen LogP contribution in [0.2, 0.25) is 0 Å². The third-order valence-corrected chi connectivity index (χ3v) is 5.73. The molecular formula is C20H25N3O4S. The summed E-state index contributed by atoms with van der Waals surface area (Å²) in [5.41, 5.74) is 1.60. The number of carbonyl (C=O) groups is 3. The number of thiophene rings is 1. The number of nitrogens with one attached hydrogen (secondary N) is 2. The van der Waals surface area contributed by atoms with E-state index in [1.54, 1.807) is 11.3 Å². The number of nitrogens with zero attached hydrogens (tertiary/aromatic N) is 1. The molecule has 2 heterocycles. The molecule has 0 radical (unpaired) electrons. The van der Waals surface area contributed by atoms with Crippen molar-refractivity contribution in [1.29, 1.82) is 0 Å². The van der Waals surface area contributed by atoms with Crippen molar-refractivity contribution in [2.45, 2.75) is 45.6 Å². The van der Waals surface area contributed by atoms with E-state index >= 15 is 0 Å². The fourth-order valence-corrected chi connectivity index (χ4v) is 4.56. The highest BCUT2D eigenvalue weighted by molar-refractivity contribution is 7.15. The molecule has 0 saturated carbocycles. The fourth-order valence-electron chi connectivity index (χ4n) is 3.22. The van der Waals surface area contributed by atoms with Gasteiger partial charge < -0.3 is 19.9 Å². The normalized spacial score (nSPS) is 13.1. The van der Waals surface area contributed by atoms with E-state index in [0.717, 1.165) is 36.2 Å². The van der Waals surface area contributed by atoms with Gasteiger partial charge in [-0.1, -0.05) is 0 Å². The van der Waals surface area contributed by atoms with Crippen LogP contribution in [0.15, 0.2) is 24.5 Å². The predicted molar refractivity (Wildman–Crippen MR) is 107 cm³/mol. The van der Waals surface area contributed by atoms with Gasteiger partial charge in [-0.15, -0.1) is 11.3 Å². The Balaban J connectivity index is 1.65. The number of aromatic nitrogens is 1. The van der Waals surface area contributed by atoms with Gasteiger partial charge in [-0.3, -0.25) is 9.59 Å². The second-order valence-corrected chi connectivity index (χ2v) is 8.14. The first-order valence-electron chi connectivity index (χ1n) is 9.46. The molecule has 2 aromatic heterocycles. The molecule has 7 nitrogen and oxygen atoms in total. The van der Waals surface area contributed by atoms with E-state index in [4.69, 9.17) is 4.74 Å². The zero-order chi connectivity index (χ0) is 20.1. The van der Waals surface area contributed by atoms with Crippen molar-refractivity contribution in [3.8, 4) is 5.00 Å². The maximum absolute atomic E-state index is 12.8. The zero-order valence-corrected chi connectivity index (χ0v) is 16.9. The molecule has 1 aliphatic rings. The molecule has 0 aliphatic heterocycles. The Morgan fingerprint density at radius 2 is 1.86 bits per heavy atom. The van der Waals surface area contributed by atoms with Crippen LogP contribution in [0.25, 0.3) is 5.00 Å². The van der Waals surface area contributed by atoms with E-state index in [2.05, 4.69) is 10.6 Å². The minimum atomic E-state index is -0.501. The van der Waals surface area contributed by atoms with Crippen molar-refractivity contribution in [3.63, 3.8) is 0 Å². The first-order valence-corrected chi connectivity index (χ1v) is 10.3. The Morgan fingerprint density at radius 1 is 1.14 bits per heavy atom. The number of rotatable bonds is 7. The van der Waals surface area contributed by atoms with Crippen molar-refractivity contribution in [3.05, 3.63) is 40.5 Å².